The van der Waals surface area contributed by atoms with Crippen molar-refractivity contribution in [3.05, 3.63) is 33.8 Å². The van der Waals surface area contributed by atoms with E-state index < -0.39 is 0 Å². The summed E-state index contributed by atoms with van der Waals surface area (Å²) in [5.74, 6) is 5.30. The van der Waals surface area contributed by atoms with Crippen LogP contribution in [-0.4, -0.2) is 12.2 Å². The van der Waals surface area contributed by atoms with Crippen molar-refractivity contribution in [1.82, 2.24) is 5.12 Å². The molecule has 0 saturated carbocycles. The van der Waals surface area contributed by atoms with E-state index in [0.717, 1.165) is 10.7 Å². The molecular weight excluding hydrogens is 350 g/mol. The Morgan fingerprint density at radius 3 is 2.33 bits per heavy atom. The van der Waals surface area contributed by atoms with Gasteiger partial charge < -0.3 is 0 Å². The minimum atomic E-state index is -0.162. The highest BCUT2D eigenvalue weighted by molar-refractivity contribution is 14.1. The first-order valence-electron chi connectivity index (χ1n) is 3.98. The van der Waals surface area contributed by atoms with Crippen LogP contribution in [0.2, 0.25) is 10.0 Å². The molecule has 0 bridgehead atoms. The standard InChI is InChI=1S/C8H9Cl2IN4/c1-15(12)14-13-8(11)5-2-6(9)4-7(10)3-5/h2-4,8H,12H2,1H3/b14-13-. The van der Waals surface area contributed by atoms with Gasteiger partial charge in [-0.15, -0.1) is 0 Å². The van der Waals surface area contributed by atoms with Crippen LogP contribution < -0.4 is 5.84 Å². The van der Waals surface area contributed by atoms with Gasteiger partial charge in [-0.2, -0.15) is 5.11 Å². The zero-order valence-electron chi connectivity index (χ0n) is 7.86. The van der Waals surface area contributed by atoms with E-state index in [-0.39, 0.29) is 4.05 Å². The second-order valence-corrected chi connectivity index (χ2v) is 4.87. The van der Waals surface area contributed by atoms with E-state index in [1.54, 1.807) is 25.2 Å². The third kappa shape index (κ3) is 4.50. The van der Waals surface area contributed by atoms with E-state index in [1.165, 1.54) is 0 Å². The Morgan fingerprint density at radius 2 is 1.87 bits per heavy atom. The highest BCUT2D eigenvalue weighted by atomic mass is 127. The van der Waals surface area contributed by atoms with Crippen molar-refractivity contribution in [2.24, 2.45) is 16.2 Å². The minimum absolute atomic E-state index is 0.162. The smallest absolute Gasteiger partial charge is 0.149 e. The summed E-state index contributed by atoms with van der Waals surface area (Å²) in [6.07, 6.45) is 0. The quantitative estimate of drug-likeness (QED) is 0.224. The van der Waals surface area contributed by atoms with Crippen LogP contribution in [0.1, 0.15) is 9.61 Å². The first-order valence-corrected chi connectivity index (χ1v) is 5.98. The average molecular weight is 359 g/mol. The fourth-order valence-corrected chi connectivity index (χ4v) is 1.92. The largest absolute Gasteiger partial charge is 0.230 e. The van der Waals surface area contributed by atoms with Crippen LogP contribution >= 0.6 is 45.8 Å². The van der Waals surface area contributed by atoms with Gasteiger partial charge in [-0.05, 0) is 46.4 Å². The van der Waals surface area contributed by atoms with Crippen molar-refractivity contribution in [3.8, 4) is 0 Å². The fourth-order valence-electron chi connectivity index (χ4n) is 0.906. The first-order chi connectivity index (χ1) is 6.99. The van der Waals surface area contributed by atoms with Gasteiger partial charge in [-0.1, -0.05) is 28.4 Å². The van der Waals surface area contributed by atoms with Gasteiger partial charge in [0.2, 0.25) is 0 Å². The van der Waals surface area contributed by atoms with Crippen molar-refractivity contribution in [2.45, 2.75) is 4.05 Å². The Bertz CT molecular complexity index is 349. The average Bonchev–Trinajstić information content (AvgIpc) is 2.12. The van der Waals surface area contributed by atoms with Crippen LogP contribution in [0.3, 0.4) is 0 Å². The maximum Gasteiger partial charge on any atom is 0.149 e. The molecule has 82 valence electrons. The molecule has 0 spiro atoms. The van der Waals surface area contributed by atoms with Gasteiger partial charge in [-0.3, -0.25) is 0 Å². The Morgan fingerprint density at radius 1 is 1.33 bits per heavy atom. The topological polar surface area (TPSA) is 54.0 Å². The molecule has 1 aromatic rings. The molecule has 1 unspecified atom stereocenters. The molecule has 0 aliphatic heterocycles. The lowest BCUT2D eigenvalue weighted by Crippen LogP contribution is -2.18. The molecule has 0 amide bonds. The number of nitrogens with two attached hydrogens (primary N) is 1. The molecule has 7 heteroatoms. The number of nitrogens with zero attached hydrogens (tertiary/aromatic N) is 3. The molecule has 0 aliphatic carbocycles. The Hall–Kier alpha value is -0.110. The van der Waals surface area contributed by atoms with Crippen LogP contribution in [0, 0.1) is 0 Å². The van der Waals surface area contributed by atoms with E-state index in [9.17, 15) is 0 Å². The highest BCUT2D eigenvalue weighted by Gasteiger charge is 2.07. The Labute approximate surface area is 112 Å². The third-order valence-corrected chi connectivity index (χ3v) is 2.86. The fraction of sp³-hybridized carbons (Fsp3) is 0.250. The van der Waals surface area contributed by atoms with Gasteiger partial charge in [0, 0.05) is 17.1 Å². The second-order valence-electron chi connectivity index (χ2n) is 2.82. The highest BCUT2D eigenvalue weighted by Crippen LogP contribution is 2.30. The second kappa shape index (κ2) is 5.83. The molecule has 1 aromatic carbocycles. The van der Waals surface area contributed by atoms with Gasteiger partial charge in [0.1, 0.15) is 4.05 Å². The molecule has 1 atom stereocenters. The Balaban J connectivity index is 2.86. The van der Waals surface area contributed by atoms with Crippen molar-refractivity contribution in [3.63, 3.8) is 0 Å². The SMILES string of the molecule is CN(N)/N=N\C(I)c1cc(Cl)cc(Cl)c1. The molecule has 15 heavy (non-hydrogen) atoms. The predicted molar refractivity (Wildman–Crippen MR) is 70.0 cm³/mol. The lowest BCUT2D eigenvalue weighted by atomic mass is 10.2. The summed E-state index contributed by atoms with van der Waals surface area (Å²) in [5, 5.41) is 9.97. The van der Waals surface area contributed by atoms with E-state index in [1.807, 2.05) is 0 Å². The number of alkyl halides is 1. The molecule has 0 radical (unpaired) electrons. The molecule has 0 heterocycles. The number of halogens is 3. The summed E-state index contributed by atoms with van der Waals surface area (Å²) < 4.78 is -0.162. The van der Waals surface area contributed by atoms with Crippen molar-refractivity contribution in [1.29, 1.82) is 0 Å². The van der Waals surface area contributed by atoms with Gasteiger partial charge in [0.15, 0.2) is 0 Å². The summed E-state index contributed by atoms with van der Waals surface area (Å²) in [4.78, 5) is 0. The normalized spacial score (nSPS) is 13.1. The monoisotopic (exact) mass is 358 g/mol. The molecular formula is C8H9Cl2IN4. The predicted octanol–water partition coefficient (Wildman–Crippen LogP) is 3.60. The summed E-state index contributed by atoms with van der Waals surface area (Å²) in [6, 6.07) is 5.25. The Kier molecular flexibility index (Phi) is 5.04. The van der Waals surface area contributed by atoms with E-state index >= 15 is 0 Å². The van der Waals surface area contributed by atoms with Crippen LogP contribution in [0.4, 0.5) is 0 Å². The van der Waals surface area contributed by atoms with Gasteiger partial charge in [0.25, 0.3) is 0 Å². The van der Waals surface area contributed by atoms with Crippen LogP contribution in [0.15, 0.2) is 28.5 Å². The van der Waals surface area contributed by atoms with Gasteiger partial charge >= 0.3 is 0 Å². The number of hydrogen-bond acceptors (Lipinski definition) is 3. The molecule has 0 saturated heterocycles. The van der Waals surface area contributed by atoms with Crippen LogP contribution in [-0.2, 0) is 0 Å². The molecule has 4 nitrogen and oxygen atoms in total. The first kappa shape index (κ1) is 13.0. The third-order valence-electron chi connectivity index (χ3n) is 1.45. The summed E-state index contributed by atoms with van der Waals surface area (Å²) >= 11 is 13.8. The summed E-state index contributed by atoms with van der Waals surface area (Å²) in [5.41, 5.74) is 0.888. The van der Waals surface area contributed by atoms with Gasteiger partial charge in [-0.25, -0.2) is 11.0 Å². The molecule has 1 rings (SSSR count). The van der Waals surface area contributed by atoms with Crippen LogP contribution in [0.5, 0.6) is 0 Å². The van der Waals surface area contributed by atoms with Crippen molar-refractivity contribution >= 4 is 45.8 Å². The van der Waals surface area contributed by atoms with Crippen molar-refractivity contribution in [2.75, 3.05) is 7.05 Å². The van der Waals surface area contributed by atoms with E-state index in [4.69, 9.17) is 29.0 Å². The molecule has 0 aliphatic rings. The molecule has 0 fully saturated rings. The maximum absolute atomic E-state index is 5.86. The van der Waals surface area contributed by atoms with Gasteiger partial charge in [0.05, 0.1) is 0 Å². The van der Waals surface area contributed by atoms with Crippen LogP contribution in [0.25, 0.3) is 0 Å². The van der Waals surface area contributed by atoms with Crippen molar-refractivity contribution < 1.29 is 0 Å². The minimum Gasteiger partial charge on any atom is -0.230 e. The summed E-state index contributed by atoms with van der Waals surface area (Å²) in [7, 11) is 1.60. The number of hydrazine groups is 1. The zero-order chi connectivity index (χ0) is 11.4. The number of benzene rings is 1. The van der Waals surface area contributed by atoms with E-state index in [0.29, 0.717) is 10.0 Å². The maximum atomic E-state index is 5.86. The molecule has 2 N–H and O–H groups in total. The summed E-state index contributed by atoms with van der Waals surface area (Å²) in [6.45, 7) is 0. The molecule has 0 aromatic heterocycles. The lowest BCUT2D eigenvalue weighted by Gasteiger charge is -2.07. The lowest BCUT2D eigenvalue weighted by molar-refractivity contribution is 0.339. The van der Waals surface area contributed by atoms with E-state index in [2.05, 4.69) is 32.9 Å². The number of hydrogen-bond donors (Lipinski definition) is 1. The zero-order valence-corrected chi connectivity index (χ0v) is 11.5. The number of rotatable bonds is 3.